The number of esters is 1. The normalized spacial score (nSPS) is 23.9. The zero-order valence-corrected chi connectivity index (χ0v) is 12.3. The Hall–Kier alpha value is -1.30. The average Bonchev–Trinajstić information content (AvgIpc) is 2.26. The predicted molar refractivity (Wildman–Crippen MR) is 68.8 cm³/mol. The summed E-state index contributed by atoms with van der Waals surface area (Å²) >= 11 is 0. The van der Waals surface area contributed by atoms with Crippen LogP contribution in [-0.2, 0) is 19.0 Å². The largest absolute Gasteiger partial charge is 0.464 e. The van der Waals surface area contributed by atoms with Gasteiger partial charge in [-0.05, 0) is 34.6 Å². The first-order valence-electron chi connectivity index (χ1n) is 6.54. The fraction of sp³-hybridized carbons (Fsp3) is 0.846. The number of hydrogen-bond donors (Lipinski definition) is 0. The van der Waals surface area contributed by atoms with Gasteiger partial charge in [0.05, 0.1) is 19.3 Å². The minimum Gasteiger partial charge on any atom is -0.464 e. The Morgan fingerprint density at radius 2 is 2.00 bits per heavy atom. The van der Waals surface area contributed by atoms with Crippen molar-refractivity contribution in [3.05, 3.63) is 0 Å². The fourth-order valence-electron chi connectivity index (χ4n) is 1.89. The molecule has 19 heavy (non-hydrogen) atoms. The minimum atomic E-state index is -0.747. The molecule has 2 atom stereocenters. The zero-order chi connectivity index (χ0) is 14.6. The number of morpholine rings is 1. The number of carbonyl (C=O) groups is 2. The first-order valence-corrected chi connectivity index (χ1v) is 6.54. The molecule has 1 amide bonds. The molecule has 0 spiro atoms. The van der Waals surface area contributed by atoms with Crippen LogP contribution >= 0.6 is 0 Å². The van der Waals surface area contributed by atoms with Gasteiger partial charge in [0.25, 0.3) is 0 Å². The van der Waals surface area contributed by atoms with Crippen molar-refractivity contribution in [2.75, 3.05) is 19.8 Å². The van der Waals surface area contributed by atoms with E-state index in [1.54, 1.807) is 34.6 Å². The van der Waals surface area contributed by atoms with E-state index in [0.717, 1.165) is 0 Å². The second-order valence-corrected chi connectivity index (χ2v) is 5.45. The summed E-state index contributed by atoms with van der Waals surface area (Å²) in [6.45, 7) is 9.81. The number of carbonyl (C=O) groups excluding carboxylic acids is 2. The highest BCUT2D eigenvalue weighted by Gasteiger charge is 2.40. The van der Waals surface area contributed by atoms with Gasteiger partial charge >= 0.3 is 12.1 Å². The van der Waals surface area contributed by atoms with E-state index >= 15 is 0 Å². The topological polar surface area (TPSA) is 65.1 Å². The van der Waals surface area contributed by atoms with E-state index in [0.29, 0.717) is 13.2 Å². The summed E-state index contributed by atoms with van der Waals surface area (Å²) in [5, 5.41) is 0. The van der Waals surface area contributed by atoms with Gasteiger partial charge in [0.1, 0.15) is 5.60 Å². The first kappa shape index (κ1) is 15.8. The van der Waals surface area contributed by atoms with E-state index in [9.17, 15) is 9.59 Å². The van der Waals surface area contributed by atoms with Crippen molar-refractivity contribution in [3.63, 3.8) is 0 Å². The summed E-state index contributed by atoms with van der Waals surface area (Å²) in [6.07, 6.45) is -0.916. The molecule has 0 aromatic carbocycles. The lowest BCUT2D eigenvalue weighted by molar-refractivity contribution is -0.160. The monoisotopic (exact) mass is 273 g/mol. The van der Waals surface area contributed by atoms with Crippen molar-refractivity contribution in [1.29, 1.82) is 0 Å². The van der Waals surface area contributed by atoms with E-state index in [2.05, 4.69) is 0 Å². The maximum atomic E-state index is 12.1. The van der Waals surface area contributed by atoms with Crippen LogP contribution in [0.1, 0.15) is 34.6 Å². The van der Waals surface area contributed by atoms with Gasteiger partial charge < -0.3 is 14.2 Å². The molecule has 1 aliphatic rings. The number of nitrogens with zero attached hydrogens (tertiary/aromatic N) is 1. The Morgan fingerprint density at radius 3 is 2.53 bits per heavy atom. The van der Waals surface area contributed by atoms with Crippen LogP contribution in [-0.4, -0.2) is 54.5 Å². The summed E-state index contributed by atoms with van der Waals surface area (Å²) < 4.78 is 15.7. The molecule has 0 bridgehead atoms. The SMILES string of the molecule is CCOC(=O)[C@H]1[C@H](C)OCCN1C(=O)OC(C)(C)C. The van der Waals surface area contributed by atoms with Crippen molar-refractivity contribution < 1.29 is 23.8 Å². The van der Waals surface area contributed by atoms with Crippen LogP contribution in [0, 0.1) is 0 Å². The quantitative estimate of drug-likeness (QED) is 0.715. The Morgan fingerprint density at radius 1 is 1.37 bits per heavy atom. The van der Waals surface area contributed by atoms with Gasteiger partial charge in [0.15, 0.2) is 6.04 Å². The summed E-state index contributed by atoms with van der Waals surface area (Å²) in [5.74, 6) is -0.458. The summed E-state index contributed by atoms with van der Waals surface area (Å²) in [4.78, 5) is 25.4. The second-order valence-electron chi connectivity index (χ2n) is 5.45. The third kappa shape index (κ3) is 4.38. The molecule has 0 N–H and O–H groups in total. The zero-order valence-electron chi connectivity index (χ0n) is 12.3. The lowest BCUT2D eigenvalue weighted by atomic mass is 10.1. The van der Waals surface area contributed by atoms with Crippen LogP contribution < -0.4 is 0 Å². The van der Waals surface area contributed by atoms with Crippen molar-refractivity contribution >= 4 is 12.1 Å². The summed E-state index contributed by atoms with van der Waals surface area (Å²) in [7, 11) is 0. The van der Waals surface area contributed by atoms with E-state index in [4.69, 9.17) is 14.2 Å². The van der Waals surface area contributed by atoms with Crippen molar-refractivity contribution in [3.8, 4) is 0 Å². The maximum Gasteiger partial charge on any atom is 0.411 e. The van der Waals surface area contributed by atoms with Crippen LogP contribution in [0.3, 0.4) is 0 Å². The van der Waals surface area contributed by atoms with Crippen molar-refractivity contribution in [2.45, 2.75) is 52.4 Å². The van der Waals surface area contributed by atoms with Gasteiger partial charge in [-0.2, -0.15) is 0 Å². The van der Waals surface area contributed by atoms with E-state index in [1.165, 1.54) is 4.90 Å². The van der Waals surface area contributed by atoms with Gasteiger partial charge in [-0.1, -0.05) is 0 Å². The van der Waals surface area contributed by atoms with Crippen molar-refractivity contribution in [2.24, 2.45) is 0 Å². The van der Waals surface area contributed by atoms with Crippen LogP contribution in [0.25, 0.3) is 0 Å². The first-order chi connectivity index (χ1) is 8.76. The smallest absolute Gasteiger partial charge is 0.411 e. The van der Waals surface area contributed by atoms with E-state index < -0.39 is 29.8 Å². The molecule has 6 nitrogen and oxygen atoms in total. The van der Waals surface area contributed by atoms with Gasteiger partial charge in [0, 0.05) is 6.54 Å². The van der Waals surface area contributed by atoms with Crippen molar-refractivity contribution in [1.82, 2.24) is 4.90 Å². The molecule has 110 valence electrons. The van der Waals surface area contributed by atoms with Gasteiger partial charge in [-0.25, -0.2) is 9.59 Å². The minimum absolute atomic E-state index is 0.268. The highest BCUT2D eigenvalue weighted by atomic mass is 16.6. The number of ether oxygens (including phenoxy) is 3. The molecular weight excluding hydrogens is 250 g/mol. The maximum absolute atomic E-state index is 12.1. The molecule has 1 rings (SSSR count). The molecule has 0 unspecified atom stereocenters. The Bertz CT molecular complexity index is 336. The second kappa shape index (κ2) is 6.23. The lowest BCUT2D eigenvalue weighted by Crippen LogP contribution is -2.57. The molecule has 0 aliphatic carbocycles. The molecule has 1 saturated heterocycles. The Balaban J connectivity index is 2.82. The molecule has 6 heteroatoms. The highest BCUT2D eigenvalue weighted by molar-refractivity contribution is 5.82. The molecule has 1 heterocycles. The summed E-state index contributed by atoms with van der Waals surface area (Å²) in [5.41, 5.74) is -0.599. The fourth-order valence-corrected chi connectivity index (χ4v) is 1.89. The summed E-state index contributed by atoms with van der Waals surface area (Å²) in [6, 6.07) is -0.747. The van der Waals surface area contributed by atoms with Crippen LogP contribution in [0.15, 0.2) is 0 Å². The van der Waals surface area contributed by atoms with Crippen LogP contribution in [0.5, 0.6) is 0 Å². The van der Waals surface area contributed by atoms with Gasteiger partial charge in [0.2, 0.25) is 0 Å². The molecule has 1 fully saturated rings. The number of amides is 1. The molecule has 0 aromatic heterocycles. The van der Waals surface area contributed by atoms with Gasteiger partial charge in [-0.3, -0.25) is 4.90 Å². The standard InChI is InChI=1S/C13H23NO5/c1-6-17-11(15)10-9(2)18-8-7-14(10)12(16)19-13(3,4)5/h9-10H,6-8H2,1-5H3/t9-,10+/m0/s1. The van der Waals surface area contributed by atoms with E-state index in [-0.39, 0.29) is 6.61 Å². The lowest BCUT2D eigenvalue weighted by Gasteiger charge is -2.38. The number of hydrogen-bond acceptors (Lipinski definition) is 5. The predicted octanol–water partition coefficient (Wildman–Crippen LogP) is 1.57. The highest BCUT2D eigenvalue weighted by Crippen LogP contribution is 2.19. The molecular formula is C13H23NO5. The van der Waals surface area contributed by atoms with Gasteiger partial charge in [-0.15, -0.1) is 0 Å². The molecule has 0 aromatic rings. The third-order valence-electron chi connectivity index (χ3n) is 2.65. The molecule has 1 aliphatic heterocycles. The Labute approximate surface area is 114 Å². The average molecular weight is 273 g/mol. The Kier molecular flexibility index (Phi) is 5.17. The molecule has 0 radical (unpaired) electrons. The van der Waals surface area contributed by atoms with Crippen LogP contribution in [0.4, 0.5) is 4.79 Å². The molecule has 0 saturated carbocycles. The van der Waals surface area contributed by atoms with E-state index in [1.807, 2.05) is 0 Å². The third-order valence-corrected chi connectivity index (χ3v) is 2.65. The van der Waals surface area contributed by atoms with Crippen LogP contribution in [0.2, 0.25) is 0 Å². The number of rotatable bonds is 2.